The van der Waals surface area contributed by atoms with E-state index in [1.54, 1.807) is 16.2 Å². The molecule has 1 fully saturated rings. The van der Waals surface area contributed by atoms with Gasteiger partial charge in [0.2, 0.25) is 5.91 Å². The fourth-order valence-electron chi connectivity index (χ4n) is 1.71. The molecule has 0 aromatic carbocycles. The molecule has 1 aromatic rings. The molecule has 0 atom stereocenters. The molecule has 0 bridgehead atoms. The molecule has 80 valence electrons. The SMILES string of the molecule is Cc1scc(CN2CC(=O)CC2=O)c1C. The van der Waals surface area contributed by atoms with Crippen molar-refractivity contribution in [3.63, 3.8) is 0 Å². The van der Waals surface area contributed by atoms with Gasteiger partial charge in [-0.3, -0.25) is 9.59 Å². The molecule has 1 aromatic heterocycles. The molecule has 0 unspecified atom stereocenters. The maximum absolute atomic E-state index is 11.4. The lowest BCUT2D eigenvalue weighted by molar-refractivity contribution is -0.128. The first-order valence-corrected chi connectivity index (χ1v) is 5.79. The molecule has 3 nitrogen and oxygen atoms in total. The van der Waals surface area contributed by atoms with Gasteiger partial charge < -0.3 is 4.90 Å². The van der Waals surface area contributed by atoms with Gasteiger partial charge in [-0.05, 0) is 30.4 Å². The molecule has 15 heavy (non-hydrogen) atoms. The Morgan fingerprint density at radius 1 is 1.40 bits per heavy atom. The highest BCUT2D eigenvalue weighted by Crippen LogP contribution is 2.23. The zero-order valence-electron chi connectivity index (χ0n) is 8.87. The summed E-state index contributed by atoms with van der Waals surface area (Å²) in [5.41, 5.74) is 2.41. The normalized spacial score (nSPS) is 16.5. The van der Waals surface area contributed by atoms with E-state index in [1.807, 2.05) is 0 Å². The number of hydrogen-bond donors (Lipinski definition) is 0. The maximum atomic E-state index is 11.4. The summed E-state index contributed by atoms with van der Waals surface area (Å²) in [6, 6.07) is 0. The second kappa shape index (κ2) is 3.77. The zero-order valence-corrected chi connectivity index (χ0v) is 9.69. The van der Waals surface area contributed by atoms with Crippen molar-refractivity contribution in [3.8, 4) is 0 Å². The summed E-state index contributed by atoms with van der Waals surface area (Å²) in [6.45, 7) is 5.00. The Morgan fingerprint density at radius 3 is 2.60 bits per heavy atom. The lowest BCUT2D eigenvalue weighted by Crippen LogP contribution is -2.24. The van der Waals surface area contributed by atoms with Crippen molar-refractivity contribution in [2.75, 3.05) is 6.54 Å². The monoisotopic (exact) mass is 223 g/mol. The summed E-state index contributed by atoms with van der Waals surface area (Å²) in [6.07, 6.45) is 0.0855. The highest BCUT2D eigenvalue weighted by Gasteiger charge is 2.27. The van der Waals surface area contributed by atoms with Gasteiger partial charge in [-0.25, -0.2) is 0 Å². The van der Waals surface area contributed by atoms with Crippen molar-refractivity contribution in [1.29, 1.82) is 0 Å². The standard InChI is InChI=1S/C11H13NO2S/c1-7-8(2)15-6-9(7)4-12-5-10(13)3-11(12)14/h6H,3-5H2,1-2H3. The van der Waals surface area contributed by atoms with Gasteiger partial charge in [0, 0.05) is 11.4 Å². The van der Waals surface area contributed by atoms with E-state index in [0.29, 0.717) is 6.54 Å². The van der Waals surface area contributed by atoms with Gasteiger partial charge in [-0.1, -0.05) is 0 Å². The fraction of sp³-hybridized carbons (Fsp3) is 0.455. The van der Waals surface area contributed by atoms with Crippen molar-refractivity contribution in [1.82, 2.24) is 4.90 Å². The quantitative estimate of drug-likeness (QED) is 0.715. The fourth-order valence-corrected chi connectivity index (χ4v) is 2.58. The molecule has 0 spiro atoms. The summed E-state index contributed by atoms with van der Waals surface area (Å²) >= 11 is 1.69. The van der Waals surface area contributed by atoms with Crippen LogP contribution in [-0.2, 0) is 16.1 Å². The Kier molecular flexibility index (Phi) is 2.61. The van der Waals surface area contributed by atoms with E-state index in [0.717, 1.165) is 0 Å². The van der Waals surface area contributed by atoms with Crippen LogP contribution in [0.5, 0.6) is 0 Å². The summed E-state index contributed by atoms with van der Waals surface area (Å²) in [4.78, 5) is 25.4. The van der Waals surface area contributed by atoms with Crippen molar-refractivity contribution in [3.05, 3.63) is 21.4 Å². The second-order valence-corrected chi connectivity index (χ2v) is 4.99. The Morgan fingerprint density at radius 2 is 2.13 bits per heavy atom. The molecule has 4 heteroatoms. The average Bonchev–Trinajstić information content (AvgIpc) is 2.64. The van der Waals surface area contributed by atoms with E-state index in [1.165, 1.54) is 16.0 Å². The number of Topliss-reactive ketones (excluding diaryl/α,β-unsaturated/α-hetero) is 1. The van der Waals surface area contributed by atoms with Gasteiger partial charge in [0.05, 0.1) is 13.0 Å². The molecule has 0 saturated carbocycles. The van der Waals surface area contributed by atoms with Crippen LogP contribution in [0, 0.1) is 13.8 Å². The van der Waals surface area contributed by atoms with Crippen molar-refractivity contribution < 1.29 is 9.59 Å². The lowest BCUT2D eigenvalue weighted by Gasteiger charge is -2.14. The van der Waals surface area contributed by atoms with Gasteiger partial charge >= 0.3 is 0 Å². The van der Waals surface area contributed by atoms with Crippen LogP contribution in [0.4, 0.5) is 0 Å². The summed E-state index contributed by atoms with van der Waals surface area (Å²) in [5.74, 6) is -0.00661. The molecule has 0 radical (unpaired) electrons. The number of aryl methyl sites for hydroxylation is 1. The summed E-state index contributed by atoms with van der Waals surface area (Å²) in [5, 5.41) is 2.07. The van der Waals surface area contributed by atoms with Crippen LogP contribution >= 0.6 is 11.3 Å². The number of likely N-dealkylation sites (tertiary alicyclic amines) is 1. The van der Waals surface area contributed by atoms with Crippen LogP contribution in [0.25, 0.3) is 0 Å². The van der Waals surface area contributed by atoms with Crippen LogP contribution < -0.4 is 0 Å². The average molecular weight is 223 g/mol. The predicted molar refractivity (Wildman–Crippen MR) is 58.8 cm³/mol. The molecule has 1 aliphatic heterocycles. The van der Waals surface area contributed by atoms with E-state index < -0.39 is 0 Å². The first-order valence-electron chi connectivity index (χ1n) is 4.91. The highest BCUT2D eigenvalue weighted by molar-refractivity contribution is 7.10. The molecule has 1 saturated heterocycles. The molecule has 1 aliphatic rings. The number of hydrogen-bond acceptors (Lipinski definition) is 3. The third kappa shape index (κ3) is 1.95. The minimum Gasteiger partial charge on any atom is -0.331 e. The van der Waals surface area contributed by atoms with Gasteiger partial charge in [-0.15, -0.1) is 11.3 Å². The Labute approximate surface area is 92.7 Å². The van der Waals surface area contributed by atoms with Gasteiger partial charge in [0.1, 0.15) is 0 Å². The largest absolute Gasteiger partial charge is 0.331 e. The molecule has 2 heterocycles. The topological polar surface area (TPSA) is 37.4 Å². The predicted octanol–water partition coefficient (Wildman–Crippen LogP) is 1.67. The Bertz CT molecular complexity index is 422. The molecular weight excluding hydrogens is 210 g/mol. The number of thiophene rings is 1. The molecule has 2 rings (SSSR count). The van der Waals surface area contributed by atoms with E-state index >= 15 is 0 Å². The van der Waals surface area contributed by atoms with E-state index in [-0.39, 0.29) is 24.7 Å². The lowest BCUT2D eigenvalue weighted by atomic mass is 10.2. The van der Waals surface area contributed by atoms with Crippen molar-refractivity contribution in [2.24, 2.45) is 0 Å². The zero-order chi connectivity index (χ0) is 11.0. The molecule has 1 amide bonds. The molecular formula is C11H13NO2S. The number of carbonyl (C=O) groups excluding carboxylic acids is 2. The Hall–Kier alpha value is -1.16. The number of amides is 1. The van der Waals surface area contributed by atoms with Crippen molar-refractivity contribution in [2.45, 2.75) is 26.8 Å². The first-order chi connectivity index (χ1) is 7.08. The van der Waals surface area contributed by atoms with Gasteiger partial charge in [0.15, 0.2) is 5.78 Å². The number of rotatable bonds is 2. The van der Waals surface area contributed by atoms with Crippen LogP contribution in [0.15, 0.2) is 5.38 Å². The van der Waals surface area contributed by atoms with E-state index in [4.69, 9.17) is 0 Å². The minimum atomic E-state index is -0.0387. The van der Waals surface area contributed by atoms with Crippen LogP contribution in [0.2, 0.25) is 0 Å². The van der Waals surface area contributed by atoms with E-state index in [9.17, 15) is 9.59 Å². The molecule has 0 N–H and O–H groups in total. The molecule has 0 aliphatic carbocycles. The summed E-state index contributed by atoms with van der Waals surface area (Å²) < 4.78 is 0. The number of carbonyl (C=O) groups is 2. The summed E-state index contributed by atoms with van der Waals surface area (Å²) in [7, 11) is 0. The van der Waals surface area contributed by atoms with Crippen LogP contribution in [-0.4, -0.2) is 23.1 Å². The van der Waals surface area contributed by atoms with E-state index in [2.05, 4.69) is 19.2 Å². The second-order valence-electron chi connectivity index (χ2n) is 3.91. The van der Waals surface area contributed by atoms with Gasteiger partial charge in [0.25, 0.3) is 0 Å². The maximum Gasteiger partial charge on any atom is 0.230 e. The van der Waals surface area contributed by atoms with Crippen molar-refractivity contribution >= 4 is 23.0 Å². The van der Waals surface area contributed by atoms with Crippen LogP contribution in [0.1, 0.15) is 22.4 Å². The highest BCUT2D eigenvalue weighted by atomic mass is 32.1. The third-order valence-electron chi connectivity index (χ3n) is 2.82. The smallest absolute Gasteiger partial charge is 0.230 e. The number of nitrogens with zero attached hydrogens (tertiary/aromatic N) is 1. The van der Waals surface area contributed by atoms with Gasteiger partial charge in [-0.2, -0.15) is 0 Å². The Balaban J connectivity index is 2.12. The first kappa shape index (κ1) is 10.4. The van der Waals surface area contributed by atoms with Crippen LogP contribution in [0.3, 0.4) is 0 Å². The third-order valence-corrected chi connectivity index (χ3v) is 3.88. The minimum absolute atomic E-state index is 0.0320. The number of ketones is 1.